The molecule has 4 heteroatoms. The third-order valence-electron chi connectivity index (χ3n) is 4.25. The largest absolute Gasteiger partial charge is 0.351 e. The van der Waals surface area contributed by atoms with Crippen LogP contribution >= 0.6 is 0 Å². The molecule has 0 radical (unpaired) electrons. The van der Waals surface area contributed by atoms with Crippen molar-refractivity contribution in [3.63, 3.8) is 0 Å². The van der Waals surface area contributed by atoms with Gasteiger partial charge in [-0.25, -0.2) is 0 Å². The highest BCUT2D eigenvalue weighted by Gasteiger charge is 2.15. The van der Waals surface area contributed by atoms with Crippen LogP contribution in [0.25, 0.3) is 21.7 Å². The van der Waals surface area contributed by atoms with Crippen molar-refractivity contribution in [3.05, 3.63) is 78.2 Å². The van der Waals surface area contributed by atoms with Crippen molar-refractivity contribution in [1.29, 1.82) is 0 Å². The first-order chi connectivity index (χ1) is 11.7. The Bertz CT molecular complexity index is 1020. The molecule has 0 aliphatic heterocycles. The minimum absolute atomic E-state index is 0.0286. The number of aromatic amines is 1. The fourth-order valence-corrected chi connectivity index (χ4v) is 3.04. The SMILES string of the molecule is CN(Cc1cccnc1)C(=O)c1cc2c(ccc3ccccc32)[nH]1. The van der Waals surface area contributed by atoms with Crippen LogP contribution in [0.4, 0.5) is 0 Å². The second-order valence-electron chi connectivity index (χ2n) is 5.95. The summed E-state index contributed by atoms with van der Waals surface area (Å²) in [4.78, 5) is 21.8. The van der Waals surface area contributed by atoms with Crippen LogP contribution in [-0.4, -0.2) is 27.8 Å². The summed E-state index contributed by atoms with van der Waals surface area (Å²) in [7, 11) is 1.80. The van der Waals surface area contributed by atoms with E-state index in [0.717, 1.165) is 21.9 Å². The van der Waals surface area contributed by atoms with Crippen molar-refractivity contribution in [1.82, 2.24) is 14.9 Å². The van der Waals surface area contributed by atoms with Crippen LogP contribution in [0.1, 0.15) is 16.1 Å². The molecule has 0 atom stereocenters. The van der Waals surface area contributed by atoms with Gasteiger partial charge in [0.1, 0.15) is 5.69 Å². The molecule has 2 heterocycles. The molecule has 0 aliphatic rings. The maximum atomic E-state index is 12.7. The first-order valence-corrected chi connectivity index (χ1v) is 7.87. The fraction of sp³-hybridized carbons (Fsp3) is 0.100. The summed E-state index contributed by atoms with van der Waals surface area (Å²) in [6.07, 6.45) is 3.51. The molecule has 0 aliphatic carbocycles. The van der Waals surface area contributed by atoms with Gasteiger partial charge in [0.25, 0.3) is 5.91 Å². The Morgan fingerprint density at radius 3 is 2.79 bits per heavy atom. The summed E-state index contributed by atoms with van der Waals surface area (Å²) in [5.74, 6) is -0.0286. The van der Waals surface area contributed by atoms with E-state index in [-0.39, 0.29) is 5.91 Å². The monoisotopic (exact) mass is 315 g/mol. The van der Waals surface area contributed by atoms with Crippen molar-refractivity contribution in [2.75, 3.05) is 7.05 Å². The first kappa shape index (κ1) is 14.5. The maximum absolute atomic E-state index is 12.7. The summed E-state index contributed by atoms with van der Waals surface area (Å²) in [6, 6.07) is 18.1. The van der Waals surface area contributed by atoms with E-state index >= 15 is 0 Å². The van der Waals surface area contributed by atoms with E-state index in [1.54, 1.807) is 24.3 Å². The second kappa shape index (κ2) is 5.81. The predicted octanol–water partition coefficient (Wildman–Crippen LogP) is 3.99. The first-order valence-electron chi connectivity index (χ1n) is 7.87. The van der Waals surface area contributed by atoms with Gasteiger partial charge < -0.3 is 9.88 Å². The molecule has 0 fully saturated rings. The van der Waals surface area contributed by atoms with Gasteiger partial charge in [0.05, 0.1) is 0 Å². The standard InChI is InChI=1S/C20H17N3O/c1-23(13-14-5-4-10-21-12-14)20(24)19-11-17-16-7-3-2-6-15(16)8-9-18(17)22-19/h2-12,22H,13H2,1H3. The molecule has 0 saturated heterocycles. The Kier molecular flexibility index (Phi) is 3.50. The normalized spacial score (nSPS) is 11.0. The number of H-pyrrole nitrogens is 1. The lowest BCUT2D eigenvalue weighted by atomic mass is 10.1. The molecule has 0 bridgehead atoms. The zero-order chi connectivity index (χ0) is 16.5. The zero-order valence-electron chi connectivity index (χ0n) is 13.4. The molecule has 0 saturated carbocycles. The smallest absolute Gasteiger partial charge is 0.270 e. The van der Waals surface area contributed by atoms with Crippen LogP contribution in [0.15, 0.2) is 67.0 Å². The van der Waals surface area contributed by atoms with Crippen molar-refractivity contribution < 1.29 is 4.79 Å². The molecule has 4 nitrogen and oxygen atoms in total. The van der Waals surface area contributed by atoms with Gasteiger partial charge in [-0.3, -0.25) is 9.78 Å². The molecule has 4 aromatic rings. The average molecular weight is 315 g/mol. The van der Waals surface area contributed by atoms with Crippen LogP contribution < -0.4 is 0 Å². The molecular formula is C20H17N3O. The molecule has 2 aromatic heterocycles. The van der Waals surface area contributed by atoms with E-state index in [1.165, 1.54) is 5.39 Å². The number of benzene rings is 2. The number of carbonyl (C=O) groups excluding carboxylic acids is 1. The van der Waals surface area contributed by atoms with Crippen LogP contribution in [0.2, 0.25) is 0 Å². The van der Waals surface area contributed by atoms with E-state index in [2.05, 4.69) is 28.2 Å². The van der Waals surface area contributed by atoms with Crippen molar-refractivity contribution in [2.24, 2.45) is 0 Å². The lowest BCUT2D eigenvalue weighted by Gasteiger charge is -2.16. The van der Waals surface area contributed by atoms with Gasteiger partial charge in [-0.15, -0.1) is 0 Å². The number of amides is 1. The third kappa shape index (κ3) is 2.52. The summed E-state index contributed by atoms with van der Waals surface area (Å²) < 4.78 is 0. The topological polar surface area (TPSA) is 49.0 Å². The van der Waals surface area contributed by atoms with Crippen LogP contribution in [0.5, 0.6) is 0 Å². The van der Waals surface area contributed by atoms with Crippen LogP contribution in [-0.2, 0) is 6.54 Å². The van der Waals surface area contributed by atoms with Gasteiger partial charge >= 0.3 is 0 Å². The highest BCUT2D eigenvalue weighted by atomic mass is 16.2. The number of carbonyl (C=O) groups is 1. The van der Waals surface area contributed by atoms with E-state index < -0.39 is 0 Å². The van der Waals surface area contributed by atoms with E-state index in [0.29, 0.717) is 12.2 Å². The molecule has 0 spiro atoms. The number of fused-ring (bicyclic) bond motifs is 3. The summed E-state index contributed by atoms with van der Waals surface area (Å²) in [5.41, 5.74) is 2.59. The third-order valence-corrected chi connectivity index (χ3v) is 4.25. The van der Waals surface area contributed by atoms with E-state index in [9.17, 15) is 4.79 Å². The fourth-order valence-electron chi connectivity index (χ4n) is 3.04. The van der Waals surface area contributed by atoms with Gasteiger partial charge in [-0.1, -0.05) is 36.4 Å². The van der Waals surface area contributed by atoms with Gasteiger partial charge in [-0.2, -0.15) is 0 Å². The van der Waals surface area contributed by atoms with E-state index in [4.69, 9.17) is 0 Å². The number of nitrogens with one attached hydrogen (secondary N) is 1. The highest BCUT2D eigenvalue weighted by molar-refractivity contribution is 6.09. The molecule has 2 aromatic carbocycles. The molecule has 24 heavy (non-hydrogen) atoms. The second-order valence-corrected chi connectivity index (χ2v) is 5.95. The highest BCUT2D eigenvalue weighted by Crippen LogP contribution is 2.26. The molecule has 1 amide bonds. The Labute approximate surface area is 139 Å². The van der Waals surface area contributed by atoms with Crippen molar-refractivity contribution in [3.8, 4) is 0 Å². The quantitative estimate of drug-likeness (QED) is 0.621. The summed E-state index contributed by atoms with van der Waals surface area (Å²) in [6.45, 7) is 0.531. The number of hydrogen-bond donors (Lipinski definition) is 1. The Balaban J connectivity index is 1.68. The number of rotatable bonds is 3. The molecule has 0 unspecified atom stereocenters. The Morgan fingerprint density at radius 1 is 1.08 bits per heavy atom. The Hall–Kier alpha value is -3.14. The maximum Gasteiger partial charge on any atom is 0.270 e. The molecule has 118 valence electrons. The number of aromatic nitrogens is 2. The van der Waals surface area contributed by atoms with Gasteiger partial charge in [0, 0.05) is 36.9 Å². The lowest BCUT2D eigenvalue weighted by Crippen LogP contribution is -2.26. The zero-order valence-corrected chi connectivity index (χ0v) is 13.4. The number of hydrogen-bond acceptors (Lipinski definition) is 2. The number of nitrogens with zero attached hydrogens (tertiary/aromatic N) is 2. The minimum Gasteiger partial charge on any atom is -0.351 e. The average Bonchev–Trinajstić information content (AvgIpc) is 3.06. The minimum atomic E-state index is -0.0286. The van der Waals surface area contributed by atoms with Gasteiger partial charge in [0.15, 0.2) is 0 Å². The van der Waals surface area contributed by atoms with Crippen molar-refractivity contribution >= 4 is 27.6 Å². The van der Waals surface area contributed by atoms with Crippen LogP contribution in [0.3, 0.4) is 0 Å². The van der Waals surface area contributed by atoms with Crippen LogP contribution in [0, 0.1) is 0 Å². The predicted molar refractivity (Wildman–Crippen MR) is 95.8 cm³/mol. The number of pyridine rings is 1. The van der Waals surface area contributed by atoms with E-state index in [1.807, 2.05) is 36.4 Å². The molecular weight excluding hydrogens is 298 g/mol. The lowest BCUT2D eigenvalue weighted by molar-refractivity contribution is 0.0780. The summed E-state index contributed by atoms with van der Waals surface area (Å²) in [5, 5.41) is 3.40. The van der Waals surface area contributed by atoms with Crippen molar-refractivity contribution in [2.45, 2.75) is 6.54 Å². The Morgan fingerprint density at radius 2 is 1.96 bits per heavy atom. The molecule has 1 N–H and O–H groups in total. The molecule has 4 rings (SSSR count). The summed E-state index contributed by atoms with van der Waals surface area (Å²) >= 11 is 0. The van der Waals surface area contributed by atoms with Gasteiger partial charge in [0.2, 0.25) is 0 Å². The van der Waals surface area contributed by atoms with Gasteiger partial charge in [-0.05, 0) is 34.5 Å².